The predicted octanol–water partition coefficient (Wildman–Crippen LogP) is 4.86. The van der Waals surface area contributed by atoms with Crippen molar-refractivity contribution in [2.45, 2.75) is 32.1 Å². The molecule has 9 heteroatoms. The van der Waals surface area contributed by atoms with E-state index < -0.39 is 18.5 Å². The number of anilines is 1. The zero-order valence-electron chi connectivity index (χ0n) is 15.4. The summed E-state index contributed by atoms with van der Waals surface area (Å²) in [5.41, 5.74) is 1.32. The van der Waals surface area contributed by atoms with Crippen molar-refractivity contribution in [3.63, 3.8) is 0 Å². The average Bonchev–Trinajstić information content (AvgIpc) is 3.04. The molecule has 1 fully saturated rings. The standard InChI is InChI=1S/C20H20BrNO6S/c21-15-16(28-10-14(23)24)18(20(26)27)29-17(15)12-7-4-8-13(9-12)22-19(25)11-5-2-1-3-6-11/h4,7-9,11H,1-3,5-6,10H2,(H,22,25)(H,23,24)(H,26,27). The SMILES string of the molecule is O=C(O)COc1c(C(=O)O)sc(-c2cccc(NC(=O)C3CCCCC3)c2)c1Br. The number of thiophene rings is 1. The lowest BCUT2D eigenvalue weighted by Gasteiger charge is -2.20. The fourth-order valence-electron chi connectivity index (χ4n) is 3.33. The monoisotopic (exact) mass is 481 g/mol. The van der Waals surface area contributed by atoms with Crippen molar-refractivity contribution in [3.8, 4) is 16.2 Å². The van der Waals surface area contributed by atoms with Crippen LogP contribution < -0.4 is 10.1 Å². The van der Waals surface area contributed by atoms with Gasteiger partial charge < -0.3 is 20.3 Å². The van der Waals surface area contributed by atoms with Gasteiger partial charge in [-0.1, -0.05) is 31.4 Å². The molecule has 1 aromatic carbocycles. The van der Waals surface area contributed by atoms with Gasteiger partial charge in [0.15, 0.2) is 17.2 Å². The Kier molecular flexibility index (Phi) is 6.92. The van der Waals surface area contributed by atoms with Crippen LogP contribution in [0.15, 0.2) is 28.7 Å². The van der Waals surface area contributed by atoms with Crippen molar-refractivity contribution in [2.75, 3.05) is 11.9 Å². The topological polar surface area (TPSA) is 113 Å². The van der Waals surface area contributed by atoms with Gasteiger partial charge in [-0.05, 0) is 46.5 Å². The summed E-state index contributed by atoms with van der Waals surface area (Å²) in [5, 5.41) is 21.2. The van der Waals surface area contributed by atoms with Gasteiger partial charge in [-0.3, -0.25) is 4.79 Å². The highest BCUT2D eigenvalue weighted by molar-refractivity contribution is 9.10. The molecule has 1 saturated carbocycles. The van der Waals surface area contributed by atoms with Crippen LogP contribution in [0.4, 0.5) is 5.69 Å². The lowest BCUT2D eigenvalue weighted by Crippen LogP contribution is -2.24. The van der Waals surface area contributed by atoms with E-state index in [0.29, 0.717) is 20.6 Å². The van der Waals surface area contributed by atoms with Crippen molar-refractivity contribution < 1.29 is 29.3 Å². The molecule has 1 aliphatic carbocycles. The van der Waals surface area contributed by atoms with E-state index in [2.05, 4.69) is 21.2 Å². The number of rotatable bonds is 7. The van der Waals surface area contributed by atoms with Gasteiger partial charge >= 0.3 is 11.9 Å². The van der Waals surface area contributed by atoms with Crippen LogP contribution in [0.1, 0.15) is 41.8 Å². The highest BCUT2D eigenvalue weighted by Gasteiger charge is 2.25. The van der Waals surface area contributed by atoms with Crippen LogP contribution in [0, 0.1) is 5.92 Å². The zero-order chi connectivity index (χ0) is 21.0. The number of carboxylic acid groups (broad SMARTS) is 2. The quantitative estimate of drug-likeness (QED) is 0.520. The molecule has 0 bridgehead atoms. The summed E-state index contributed by atoms with van der Waals surface area (Å²) >= 11 is 4.31. The zero-order valence-corrected chi connectivity index (χ0v) is 17.8. The number of aliphatic carboxylic acids is 1. The lowest BCUT2D eigenvalue weighted by molar-refractivity contribution is -0.139. The lowest BCUT2D eigenvalue weighted by atomic mass is 9.88. The molecule has 0 aliphatic heterocycles. The van der Waals surface area contributed by atoms with Gasteiger partial charge in [-0.25, -0.2) is 9.59 Å². The smallest absolute Gasteiger partial charge is 0.349 e. The number of halogens is 1. The predicted molar refractivity (Wildman–Crippen MR) is 113 cm³/mol. The first-order chi connectivity index (χ1) is 13.9. The van der Waals surface area contributed by atoms with Crippen LogP contribution in [0.3, 0.4) is 0 Å². The normalized spacial score (nSPS) is 14.4. The minimum absolute atomic E-state index is 0.00352. The largest absolute Gasteiger partial charge is 0.479 e. The fourth-order valence-corrected chi connectivity index (χ4v) is 5.22. The van der Waals surface area contributed by atoms with Gasteiger partial charge in [0.1, 0.15) is 0 Å². The summed E-state index contributed by atoms with van der Waals surface area (Å²) in [6.45, 7) is -0.646. The van der Waals surface area contributed by atoms with Crippen LogP contribution in [0.2, 0.25) is 0 Å². The van der Waals surface area contributed by atoms with Gasteiger partial charge in [0.25, 0.3) is 0 Å². The molecule has 0 spiro atoms. The minimum Gasteiger partial charge on any atom is -0.479 e. The molecule has 1 heterocycles. The van der Waals surface area contributed by atoms with Crippen molar-refractivity contribution in [1.82, 2.24) is 0 Å². The van der Waals surface area contributed by atoms with E-state index >= 15 is 0 Å². The van der Waals surface area contributed by atoms with Crippen molar-refractivity contribution in [2.24, 2.45) is 5.92 Å². The number of nitrogens with one attached hydrogen (secondary N) is 1. The molecule has 7 nitrogen and oxygen atoms in total. The maximum atomic E-state index is 12.5. The number of carbonyl (C=O) groups is 3. The molecular weight excluding hydrogens is 462 g/mol. The molecule has 0 radical (unpaired) electrons. The third-order valence-electron chi connectivity index (χ3n) is 4.71. The van der Waals surface area contributed by atoms with Crippen LogP contribution in [0.25, 0.3) is 10.4 Å². The number of hydrogen-bond acceptors (Lipinski definition) is 5. The molecule has 154 valence electrons. The van der Waals surface area contributed by atoms with E-state index in [-0.39, 0.29) is 22.5 Å². The van der Waals surface area contributed by atoms with Crippen molar-refractivity contribution in [3.05, 3.63) is 33.6 Å². The second-order valence-corrected chi connectivity index (χ2v) is 8.61. The summed E-state index contributed by atoms with van der Waals surface area (Å²) in [5.74, 6) is -2.40. The third kappa shape index (κ3) is 5.16. The molecule has 0 unspecified atom stereocenters. The fraction of sp³-hybridized carbons (Fsp3) is 0.350. The molecule has 1 aliphatic rings. The van der Waals surface area contributed by atoms with Gasteiger partial charge in [-0.15, -0.1) is 11.3 Å². The Morgan fingerprint density at radius 3 is 2.55 bits per heavy atom. The molecule has 0 atom stereocenters. The number of carboxylic acids is 2. The van der Waals surface area contributed by atoms with E-state index in [0.717, 1.165) is 37.0 Å². The van der Waals surface area contributed by atoms with E-state index in [1.165, 1.54) is 6.42 Å². The third-order valence-corrected chi connectivity index (χ3v) is 6.94. The summed E-state index contributed by atoms with van der Waals surface area (Å²) in [6, 6.07) is 7.12. The Bertz CT molecular complexity index is 935. The average molecular weight is 482 g/mol. The Morgan fingerprint density at radius 1 is 1.17 bits per heavy atom. The number of benzene rings is 1. The number of aromatic carboxylic acids is 1. The first kappa shape index (κ1) is 21.3. The van der Waals surface area contributed by atoms with Crippen LogP contribution in [-0.4, -0.2) is 34.7 Å². The molecule has 2 aromatic rings. The summed E-state index contributed by atoms with van der Waals surface area (Å²) < 4.78 is 5.55. The molecule has 1 amide bonds. The number of ether oxygens (including phenoxy) is 1. The molecule has 1 aromatic heterocycles. The Hall–Kier alpha value is -2.39. The molecule has 0 saturated heterocycles. The van der Waals surface area contributed by atoms with Gasteiger partial charge in [-0.2, -0.15) is 0 Å². The van der Waals surface area contributed by atoms with E-state index in [4.69, 9.17) is 9.84 Å². The molecule has 3 N–H and O–H groups in total. The molecular formula is C20H20BrNO6S. The Morgan fingerprint density at radius 2 is 1.90 bits per heavy atom. The van der Waals surface area contributed by atoms with Crippen molar-refractivity contribution in [1.29, 1.82) is 0 Å². The maximum absolute atomic E-state index is 12.5. The Labute approximate surface area is 179 Å². The molecule has 29 heavy (non-hydrogen) atoms. The highest BCUT2D eigenvalue weighted by atomic mass is 79.9. The number of amides is 1. The van der Waals surface area contributed by atoms with Crippen LogP contribution >= 0.6 is 27.3 Å². The maximum Gasteiger partial charge on any atom is 0.349 e. The van der Waals surface area contributed by atoms with Crippen molar-refractivity contribution >= 4 is 50.8 Å². The molecule has 3 rings (SSSR count). The minimum atomic E-state index is -1.20. The van der Waals surface area contributed by atoms with Gasteiger partial charge in [0.05, 0.1) is 9.35 Å². The second-order valence-electron chi connectivity index (χ2n) is 6.80. The van der Waals surface area contributed by atoms with Gasteiger partial charge in [0.2, 0.25) is 5.91 Å². The van der Waals surface area contributed by atoms with Crippen LogP contribution in [-0.2, 0) is 9.59 Å². The number of hydrogen-bond donors (Lipinski definition) is 3. The highest BCUT2D eigenvalue weighted by Crippen LogP contribution is 2.46. The summed E-state index contributed by atoms with van der Waals surface area (Å²) in [6.07, 6.45) is 5.10. The van der Waals surface area contributed by atoms with Crippen LogP contribution in [0.5, 0.6) is 5.75 Å². The first-order valence-electron chi connectivity index (χ1n) is 9.18. The van der Waals surface area contributed by atoms with E-state index in [1.54, 1.807) is 24.3 Å². The first-order valence-corrected chi connectivity index (χ1v) is 10.8. The second kappa shape index (κ2) is 9.41. The van der Waals surface area contributed by atoms with E-state index in [1.807, 2.05) is 0 Å². The Balaban J connectivity index is 1.86. The summed E-state index contributed by atoms with van der Waals surface area (Å²) in [7, 11) is 0. The summed E-state index contributed by atoms with van der Waals surface area (Å²) in [4.78, 5) is 35.3. The van der Waals surface area contributed by atoms with E-state index in [9.17, 15) is 19.5 Å². The number of carbonyl (C=O) groups excluding carboxylic acids is 1. The van der Waals surface area contributed by atoms with Gasteiger partial charge in [0, 0.05) is 11.6 Å².